The van der Waals surface area contributed by atoms with E-state index in [1.165, 1.54) is 12.1 Å². The summed E-state index contributed by atoms with van der Waals surface area (Å²) in [6, 6.07) is 4.84. The Kier molecular flexibility index (Phi) is 3.99. The van der Waals surface area contributed by atoms with E-state index < -0.39 is 0 Å². The van der Waals surface area contributed by atoms with Gasteiger partial charge in [-0.25, -0.2) is 4.39 Å². The highest BCUT2D eigenvalue weighted by atomic mass is 79.9. The van der Waals surface area contributed by atoms with Gasteiger partial charge in [0.2, 0.25) is 5.91 Å². The van der Waals surface area contributed by atoms with Gasteiger partial charge in [0, 0.05) is 29.2 Å². The lowest BCUT2D eigenvalue weighted by atomic mass is 10.3. The van der Waals surface area contributed by atoms with Gasteiger partial charge < -0.3 is 10.6 Å². The van der Waals surface area contributed by atoms with Crippen molar-refractivity contribution in [1.29, 1.82) is 0 Å². The molecule has 1 aliphatic carbocycles. The van der Waals surface area contributed by atoms with E-state index in [-0.39, 0.29) is 11.7 Å². The third-order valence-corrected chi connectivity index (χ3v) is 3.20. The summed E-state index contributed by atoms with van der Waals surface area (Å²) in [4.78, 5) is 11.4. The van der Waals surface area contributed by atoms with Gasteiger partial charge in [0.25, 0.3) is 0 Å². The molecule has 1 aromatic carbocycles. The quantitative estimate of drug-likeness (QED) is 0.878. The van der Waals surface area contributed by atoms with Gasteiger partial charge in [-0.15, -0.1) is 0 Å². The van der Waals surface area contributed by atoms with Crippen LogP contribution in [0.1, 0.15) is 19.3 Å². The number of carbonyl (C=O) groups excluding carboxylic acids is 1. The Morgan fingerprint density at radius 1 is 1.47 bits per heavy atom. The van der Waals surface area contributed by atoms with Crippen molar-refractivity contribution in [2.75, 3.05) is 11.9 Å². The number of anilines is 1. The van der Waals surface area contributed by atoms with Crippen LogP contribution < -0.4 is 10.6 Å². The van der Waals surface area contributed by atoms with E-state index in [1.807, 2.05) is 0 Å². The molecule has 2 rings (SSSR count). The zero-order valence-corrected chi connectivity index (χ0v) is 10.9. The van der Waals surface area contributed by atoms with Crippen LogP contribution in [0.15, 0.2) is 22.7 Å². The zero-order chi connectivity index (χ0) is 12.3. The Morgan fingerprint density at radius 2 is 2.24 bits per heavy atom. The highest BCUT2D eigenvalue weighted by molar-refractivity contribution is 9.10. The number of benzene rings is 1. The fourth-order valence-corrected chi connectivity index (χ4v) is 1.96. The Labute approximate surface area is 108 Å². The van der Waals surface area contributed by atoms with Crippen LogP contribution in [0.2, 0.25) is 0 Å². The maximum Gasteiger partial charge on any atom is 0.221 e. The first kappa shape index (κ1) is 12.4. The Bertz CT molecular complexity index is 421. The summed E-state index contributed by atoms with van der Waals surface area (Å²) in [7, 11) is 0. The predicted octanol–water partition coefficient (Wildman–Crippen LogP) is 2.67. The molecule has 1 amide bonds. The van der Waals surface area contributed by atoms with Crippen molar-refractivity contribution in [3.8, 4) is 0 Å². The van der Waals surface area contributed by atoms with Gasteiger partial charge in [-0.1, -0.05) is 0 Å². The zero-order valence-electron chi connectivity index (χ0n) is 9.30. The highest BCUT2D eigenvalue weighted by Gasteiger charge is 2.22. The lowest BCUT2D eigenvalue weighted by molar-refractivity contribution is -0.120. The lowest BCUT2D eigenvalue weighted by Crippen LogP contribution is -2.27. The SMILES string of the molecule is O=C(CCNc1ccc(F)cc1Br)NC1CC1. The van der Waals surface area contributed by atoms with Crippen LogP contribution in [-0.4, -0.2) is 18.5 Å². The van der Waals surface area contributed by atoms with E-state index in [9.17, 15) is 9.18 Å². The molecule has 1 aromatic rings. The van der Waals surface area contributed by atoms with Crippen molar-refractivity contribution >= 4 is 27.5 Å². The smallest absolute Gasteiger partial charge is 0.221 e. The molecule has 0 spiro atoms. The predicted molar refractivity (Wildman–Crippen MR) is 68.4 cm³/mol. The van der Waals surface area contributed by atoms with Crippen LogP contribution in [0.3, 0.4) is 0 Å². The third-order valence-electron chi connectivity index (χ3n) is 2.54. The summed E-state index contributed by atoms with van der Waals surface area (Å²) in [5.41, 5.74) is 0.797. The van der Waals surface area contributed by atoms with Crippen molar-refractivity contribution < 1.29 is 9.18 Å². The monoisotopic (exact) mass is 300 g/mol. The minimum Gasteiger partial charge on any atom is -0.384 e. The van der Waals surface area contributed by atoms with Crippen molar-refractivity contribution in [3.05, 3.63) is 28.5 Å². The van der Waals surface area contributed by atoms with Crippen LogP contribution in [-0.2, 0) is 4.79 Å². The summed E-state index contributed by atoms with van der Waals surface area (Å²) in [5.74, 6) is -0.216. The van der Waals surface area contributed by atoms with Gasteiger partial charge in [0.05, 0.1) is 0 Å². The standard InChI is InChI=1S/C12H14BrFN2O/c13-10-7-8(14)1-4-11(10)15-6-5-12(17)16-9-2-3-9/h1,4,7,9,15H,2-3,5-6H2,(H,16,17). The van der Waals surface area contributed by atoms with E-state index >= 15 is 0 Å². The minimum atomic E-state index is -0.283. The lowest BCUT2D eigenvalue weighted by Gasteiger charge is -2.08. The van der Waals surface area contributed by atoms with Gasteiger partial charge in [0.15, 0.2) is 0 Å². The summed E-state index contributed by atoms with van der Waals surface area (Å²) in [6.07, 6.45) is 2.63. The molecule has 92 valence electrons. The van der Waals surface area contributed by atoms with Crippen LogP contribution in [0, 0.1) is 5.82 Å². The van der Waals surface area contributed by atoms with Crippen LogP contribution in [0.5, 0.6) is 0 Å². The first-order valence-electron chi connectivity index (χ1n) is 5.63. The molecule has 0 aromatic heterocycles. The topological polar surface area (TPSA) is 41.1 Å². The number of amides is 1. The largest absolute Gasteiger partial charge is 0.384 e. The van der Waals surface area contributed by atoms with Gasteiger partial charge in [0.1, 0.15) is 5.82 Å². The minimum absolute atomic E-state index is 0.0678. The van der Waals surface area contributed by atoms with E-state index in [1.54, 1.807) is 6.07 Å². The van der Waals surface area contributed by atoms with Crippen molar-refractivity contribution in [1.82, 2.24) is 5.32 Å². The molecule has 0 saturated heterocycles. The molecule has 2 N–H and O–H groups in total. The van der Waals surface area contributed by atoms with E-state index in [0.29, 0.717) is 23.5 Å². The van der Waals surface area contributed by atoms with Gasteiger partial charge in [-0.3, -0.25) is 4.79 Å². The number of rotatable bonds is 5. The average molecular weight is 301 g/mol. The Balaban J connectivity index is 1.75. The van der Waals surface area contributed by atoms with Crippen LogP contribution in [0.4, 0.5) is 10.1 Å². The van der Waals surface area contributed by atoms with Crippen molar-refractivity contribution in [3.63, 3.8) is 0 Å². The van der Waals surface area contributed by atoms with Gasteiger partial charge >= 0.3 is 0 Å². The summed E-state index contributed by atoms with van der Waals surface area (Å²) in [5, 5.41) is 6.00. The highest BCUT2D eigenvalue weighted by Crippen LogP contribution is 2.23. The van der Waals surface area contributed by atoms with E-state index in [0.717, 1.165) is 18.5 Å². The molecule has 3 nitrogen and oxygen atoms in total. The molecule has 0 heterocycles. The molecular formula is C12H14BrFN2O. The maximum atomic E-state index is 12.8. The number of carbonyl (C=O) groups is 1. The average Bonchev–Trinajstić information content (AvgIpc) is 3.05. The second-order valence-electron chi connectivity index (χ2n) is 4.14. The molecule has 0 bridgehead atoms. The molecule has 0 unspecified atom stereocenters. The van der Waals surface area contributed by atoms with Gasteiger partial charge in [-0.2, -0.15) is 0 Å². The van der Waals surface area contributed by atoms with E-state index in [4.69, 9.17) is 0 Å². The third kappa shape index (κ3) is 4.00. The summed E-state index contributed by atoms with van der Waals surface area (Å²) >= 11 is 3.26. The molecule has 0 aliphatic heterocycles. The fraction of sp³-hybridized carbons (Fsp3) is 0.417. The molecule has 0 atom stereocenters. The van der Waals surface area contributed by atoms with Crippen LogP contribution >= 0.6 is 15.9 Å². The first-order valence-corrected chi connectivity index (χ1v) is 6.43. The number of nitrogens with one attached hydrogen (secondary N) is 2. The second-order valence-corrected chi connectivity index (χ2v) is 5.00. The number of halogens is 2. The van der Waals surface area contributed by atoms with Crippen molar-refractivity contribution in [2.45, 2.75) is 25.3 Å². The molecule has 1 fully saturated rings. The molecular weight excluding hydrogens is 287 g/mol. The summed E-state index contributed by atoms with van der Waals surface area (Å²) in [6.45, 7) is 0.544. The maximum absolute atomic E-state index is 12.8. The molecule has 0 radical (unpaired) electrons. The number of hydrogen-bond acceptors (Lipinski definition) is 2. The normalized spacial score (nSPS) is 14.5. The van der Waals surface area contributed by atoms with E-state index in [2.05, 4.69) is 26.6 Å². The summed E-state index contributed by atoms with van der Waals surface area (Å²) < 4.78 is 13.5. The second kappa shape index (κ2) is 5.49. The molecule has 1 saturated carbocycles. The molecule has 1 aliphatic rings. The Morgan fingerprint density at radius 3 is 2.88 bits per heavy atom. The molecule has 5 heteroatoms. The Hall–Kier alpha value is -1.10. The fourth-order valence-electron chi connectivity index (χ4n) is 1.47. The van der Waals surface area contributed by atoms with Gasteiger partial charge in [-0.05, 0) is 47.0 Å². The number of hydrogen-bond donors (Lipinski definition) is 2. The van der Waals surface area contributed by atoms with Crippen molar-refractivity contribution in [2.24, 2.45) is 0 Å². The molecule has 17 heavy (non-hydrogen) atoms. The first-order chi connectivity index (χ1) is 8.15. The van der Waals surface area contributed by atoms with Crippen LogP contribution in [0.25, 0.3) is 0 Å².